The molecular formula is C17H26F2N4O2. The lowest BCUT2D eigenvalue weighted by molar-refractivity contribution is -0.128. The van der Waals surface area contributed by atoms with E-state index in [1.807, 2.05) is 20.8 Å². The highest BCUT2D eigenvalue weighted by atomic mass is 19.1. The van der Waals surface area contributed by atoms with E-state index in [0.29, 0.717) is 25.6 Å². The molecule has 0 heterocycles. The van der Waals surface area contributed by atoms with Gasteiger partial charge < -0.3 is 20.7 Å². The molecule has 8 heteroatoms. The molecular weight excluding hydrogens is 330 g/mol. The molecule has 1 rings (SSSR count). The molecule has 0 radical (unpaired) electrons. The Balaban J connectivity index is 2.23. The van der Waals surface area contributed by atoms with E-state index < -0.39 is 17.0 Å². The van der Waals surface area contributed by atoms with Crippen molar-refractivity contribution in [3.8, 4) is 5.75 Å². The van der Waals surface area contributed by atoms with Crippen LogP contribution in [0.4, 0.5) is 8.78 Å². The molecule has 1 aromatic carbocycles. The summed E-state index contributed by atoms with van der Waals surface area (Å²) < 4.78 is 31.4. The van der Waals surface area contributed by atoms with Crippen LogP contribution in [-0.4, -0.2) is 45.2 Å². The van der Waals surface area contributed by atoms with Crippen molar-refractivity contribution in [2.75, 3.05) is 33.3 Å². The average Bonchev–Trinajstić information content (AvgIpc) is 2.53. The van der Waals surface area contributed by atoms with Crippen LogP contribution < -0.4 is 20.7 Å². The zero-order valence-corrected chi connectivity index (χ0v) is 15.1. The van der Waals surface area contributed by atoms with Crippen LogP contribution in [0.25, 0.3) is 0 Å². The highest BCUT2D eigenvalue weighted by Crippen LogP contribution is 2.17. The van der Waals surface area contributed by atoms with Crippen molar-refractivity contribution in [2.24, 2.45) is 10.4 Å². The Bertz CT molecular complexity index is 601. The van der Waals surface area contributed by atoms with Crippen LogP contribution in [0.5, 0.6) is 5.75 Å². The Morgan fingerprint density at radius 3 is 2.36 bits per heavy atom. The minimum Gasteiger partial charge on any atom is -0.489 e. The standard InChI is InChI=1S/C17H26F2N4O2/c1-17(2,3)15(24)21-7-8-22-16(20-4)23-9-10-25-14-6-5-12(18)11-13(14)19/h5-6,11H,7-10H2,1-4H3,(H,21,24)(H2,20,22,23). The van der Waals surface area contributed by atoms with Gasteiger partial charge in [0.15, 0.2) is 17.5 Å². The molecule has 0 saturated carbocycles. The van der Waals surface area contributed by atoms with Gasteiger partial charge in [0, 0.05) is 31.6 Å². The van der Waals surface area contributed by atoms with Gasteiger partial charge >= 0.3 is 0 Å². The van der Waals surface area contributed by atoms with Gasteiger partial charge in [-0.25, -0.2) is 8.78 Å². The molecule has 0 aliphatic carbocycles. The van der Waals surface area contributed by atoms with Crippen molar-refractivity contribution in [1.82, 2.24) is 16.0 Å². The molecule has 3 N–H and O–H groups in total. The summed E-state index contributed by atoms with van der Waals surface area (Å²) in [5.41, 5.74) is -0.424. The number of amides is 1. The molecule has 1 aromatic rings. The monoisotopic (exact) mass is 356 g/mol. The number of hydrogen-bond donors (Lipinski definition) is 3. The van der Waals surface area contributed by atoms with Gasteiger partial charge in [-0.3, -0.25) is 9.79 Å². The number of guanidine groups is 1. The minimum absolute atomic E-state index is 0.00367. The fourth-order valence-corrected chi connectivity index (χ4v) is 1.77. The second-order valence-corrected chi connectivity index (χ2v) is 6.35. The van der Waals surface area contributed by atoms with E-state index >= 15 is 0 Å². The van der Waals surface area contributed by atoms with E-state index in [4.69, 9.17) is 4.74 Å². The van der Waals surface area contributed by atoms with Crippen LogP contribution in [0.2, 0.25) is 0 Å². The van der Waals surface area contributed by atoms with E-state index in [0.717, 1.165) is 12.1 Å². The summed E-state index contributed by atoms with van der Waals surface area (Å²) in [4.78, 5) is 15.7. The summed E-state index contributed by atoms with van der Waals surface area (Å²) in [6.07, 6.45) is 0. The third kappa shape index (κ3) is 7.82. The molecule has 0 unspecified atom stereocenters. The Hall–Kier alpha value is -2.38. The fourth-order valence-electron chi connectivity index (χ4n) is 1.77. The number of ether oxygens (including phenoxy) is 1. The SMILES string of the molecule is CN=C(NCCNC(=O)C(C)(C)C)NCCOc1ccc(F)cc1F. The van der Waals surface area contributed by atoms with Crippen LogP contribution in [0, 0.1) is 17.0 Å². The van der Waals surface area contributed by atoms with E-state index in [2.05, 4.69) is 20.9 Å². The quantitative estimate of drug-likeness (QED) is 0.395. The Kier molecular flexibility index (Phi) is 8.10. The molecule has 1 amide bonds. The number of carbonyl (C=O) groups is 1. The number of aliphatic imine (C=N–C) groups is 1. The summed E-state index contributed by atoms with van der Waals surface area (Å²) >= 11 is 0. The van der Waals surface area contributed by atoms with E-state index in [1.165, 1.54) is 6.07 Å². The molecule has 0 aliphatic heterocycles. The van der Waals surface area contributed by atoms with Gasteiger partial charge in [-0.1, -0.05) is 20.8 Å². The molecule has 6 nitrogen and oxygen atoms in total. The summed E-state index contributed by atoms with van der Waals surface area (Å²) in [6, 6.07) is 3.16. The smallest absolute Gasteiger partial charge is 0.225 e. The van der Waals surface area contributed by atoms with Gasteiger partial charge in [-0.2, -0.15) is 0 Å². The van der Waals surface area contributed by atoms with Crippen molar-refractivity contribution in [3.05, 3.63) is 29.8 Å². The minimum atomic E-state index is -0.739. The van der Waals surface area contributed by atoms with E-state index in [-0.39, 0.29) is 18.3 Å². The zero-order valence-electron chi connectivity index (χ0n) is 15.1. The zero-order chi connectivity index (χ0) is 18.9. The molecule has 0 aromatic heterocycles. The molecule has 0 atom stereocenters. The number of hydrogen-bond acceptors (Lipinski definition) is 3. The van der Waals surface area contributed by atoms with Crippen LogP contribution in [-0.2, 0) is 4.79 Å². The number of rotatable bonds is 7. The molecule has 0 saturated heterocycles. The predicted octanol–water partition coefficient (Wildman–Crippen LogP) is 1.67. The molecule has 25 heavy (non-hydrogen) atoms. The van der Waals surface area contributed by atoms with Crippen LogP contribution in [0.1, 0.15) is 20.8 Å². The molecule has 140 valence electrons. The average molecular weight is 356 g/mol. The van der Waals surface area contributed by atoms with Gasteiger partial charge in [0.1, 0.15) is 12.4 Å². The highest BCUT2D eigenvalue weighted by molar-refractivity contribution is 5.81. The topological polar surface area (TPSA) is 74.8 Å². The van der Waals surface area contributed by atoms with Gasteiger partial charge in [0.25, 0.3) is 0 Å². The molecule has 0 bridgehead atoms. The summed E-state index contributed by atoms with van der Waals surface area (Å²) in [6.45, 7) is 7.08. The first-order chi connectivity index (χ1) is 11.7. The van der Waals surface area contributed by atoms with E-state index in [9.17, 15) is 13.6 Å². The summed E-state index contributed by atoms with van der Waals surface area (Å²) in [5, 5.41) is 8.85. The van der Waals surface area contributed by atoms with Crippen LogP contribution in [0.15, 0.2) is 23.2 Å². The van der Waals surface area contributed by atoms with Crippen molar-refractivity contribution >= 4 is 11.9 Å². The van der Waals surface area contributed by atoms with Crippen molar-refractivity contribution in [2.45, 2.75) is 20.8 Å². The van der Waals surface area contributed by atoms with Crippen LogP contribution >= 0.6 is 0 Å². The number of nitrogens with zero attached hydrogens (tertiary/aromatic N) is 1. The maximum absolute atomic E-state index is 13.4. The maximum Gasteiger partial charge on any atom is 0.225 e. The molecule has 0 aliphatic rings. The number of halogens is 2. The third-order valence-electron chi connectivity index (χ3n) is 3.15. The van der Waals surface area contributed by atoms with Crippen molar-refractivity contribution in [3.63, 3.8) is 0 Å². The van der Waals surface area contributed by atoms with Gasteiger partial charge in [-0.15, -0.1) is 0 Å². The maximum atomic E-state index is 13.4. The molecule has 0 spiro atoms. The molecule has 0 fully saturated rings. The number of nitrogens with one attached hydrogen (secondary N) is 3. The summed E-state index contributed by atoms with van der Waals surface area (Å²) in [5.74, 6) is -0.876. The van der Waals surface area contributed by atoms with Gasteiger partial charge in [-0.05, 0) is 12.1 Å². The fraction of sp³-hybridized carbons (Fsp3) is 0.529. The first kappa shape index (κ1) is 20.7. The first-order valence-corrected chi connectivity index (χ1v) is 8.04. The number of carbonyl (C=O) groups excluding carboxylic acids is 1. The Morgan fingerprint density at radius 2 is 1.76 bits per heavy atom. The van der Waals surface area contributed by atoms with Crippen molar-refractivity contribution < 1.29 is 18.3 Å². The summed E-state index contributed by atoms with van der Waals surface area (Å²) in [7, 11) is 1.61. The highest BCUT2D eigenvalue weighted by Gasteiger charge is 2.20. The lowest BCUT2D eigenvalue weighted by Gasteiger charge is -2.18. The third-order valence-corrected chi connectivity index (χ3v) is 3.15. The van der Waals surface area contributed by atoms with Gasteiger partial charge in [0.05, 0.1) is 6.54 Å². The number of benzene rings is 1. The second kappa shape index (κ2) is 9.80. The Morgan fingerprint density at radius 1 is 1.12 bits per heavy atom. The lowest BCUT2D eigenvalue weighted by atomic mass is 9.96. The predicted molar refractivity (Wildman–Crippen MR) is 93.7 cm³/mol. The lowest BCUT2D eigenvalue weighted by Crippen LogP contribution is -2.44. The van der Waals surface area contributed by atoms with Crippen LogP contribution in [0.3, 0.4) is 0 Å². The first-order valence-electron chi connectivity index (χ1n) is 8.04. The van der Waals surface area contributed by atoms with Crippen molar-refractivity contribution in [1.29, 1.82) is 0 Å². The normalized spacial score (nSPS) is 11.8. The Labute approximate surface area is 147 Å². The largest absolute Gasteiger partial charge is 0.489 e. The van der Waals surface area contributed by atoms with E-state index in [1.54, 1.807) is 7.05 Å². The van der Waals surface area contributed by atoms with Gasteiger partial charge in [0.2, 0.25) is 5.91 Å². The second-order valence-electron chi connectivity index (χ2n) is 6.35.